The fourth-order valence-electron chi connectivity index (χ4n) is 5.40. The van der Waals surface area contributed by atoms with Crippen molar-refractivity contribution in [3.8, 4) is 11.1 Å². The fraction of sp³-hybridized carbons (Fsp3) is 0.560. The number of pyridine rings is 1. The molecule has 0 aliphatic carbocycles. The first-order valence-electron chi connectivity index (χ1n) is 12.2. The zero-order valence-corrected chi connectivity index (χ0v) is 21.4. The monoisotopic (exact) mass is 464 g/mol. The number of hydrogen-bond acceptors (Lipinski definition) is 6. The second-order valence-corrected chi connectivity index (χ2v) is 16.5. The van der Waals surface area contributed by atoms with Crippen molar-refractivity contribution in [2.24, 2.45) is 5.92 Å². The van der Waals surface area contributed by atoms with E-state index in [1.165, 1.54) is 30.5 Å². The molecule has 7 nitrogen and oxygen atoms in total. The molecule has 2 aliphatic heterocycles. The lowest BCUT2D eigenvalue weighted by molar-refractivity contribution is 0.0899. The molecule has 5 heterocycles. The predicted octanol–water partition coefficient (Wildman–Crippen LogP) is 4.34. The lowest BCUT2D eigenvalue weighted by Gasteiger charge is -2.38. The second-order valence-electron chi connectivity index (χ2n) is 10.8. The molecule has 5 rings (SSSR count). The summed E-state index contributed by atoms with van der Waals surface area (Å²) in [6.07, 6.45) is 12.0. The summed E-state index contributed by atoms with van der Waals surface area (Å²) in [6.45, 7) is 11.9. The predicted molar refractivity (Wildman–Crippen MR) is 136 cm³/mol. The summed E-state index contributed by atoms with van der Waals surface area (Å²) in [5.41, 5.74) is 4.40. The van der Waals surface area contributed by atoms with E-state index in [1.54, 1.807) is 6.33 Å². The number of fused-ring (bicyclic) bond motifs is 2. The molecule has 33 heavy (non-hydrogen) atoms. The van der Waals surface area contributed by atoms with Crippen LogP contribution >= 0.6 is 0 Å². The van der Waals surface area contributed by atoms with Gasteiger partial charge in [-0.1, -0.05) is 19.6 Å². The minimum Gasteiger partial charge on any atom is -0.370 e. The maximum Gasteiger partial charge on any atom is 0.144 e. The zero-order chi connectivity index (χ0) is 23.0. The van der Waals surface area contributed by atoms with E-state index in [9.17, 15) is 0 Å². The van der Waals surface area contributed by atoms with Gasteiger partial charge in [0.1, 0.15) is 18.7 Å². The Labute approximate surface area is 197 Å². The molecule has 0 amide bonds. The minimum absolute atomic E-state index is 0.515. The summed E-state index contributed by atoms with van der Waals surface area (Å²) >= 11 is 0. The van der Waals surface area contributed by atoms with Crippen LogP contribution in [0, 0.1) is 5.92 Å². The van der Waals surface area contributed by atoms with Crippen molar-refractivity contribution in [2.45, 2.75) is 51.3 Å². The van der Waals surface area contributed by atoms with Gasteiger partial charge in [-0.05, 0) is 44.5 Å². The highest BCUT2D eigenvalue weighted by molar-refractivity contribution is 6.76. The normalized spacial score (nSPS) is 21.6. The second kappa shape index (κ2) is 9.16. The SMILES string of the molecule is CN1CC[C@H]2CN(c3ccnc4c3c(-c3cncnc3)cn4COCC[Si](C)(C)C)CC[C@H]21. The van der Waals surface area contributed by atoms with Crippen LogP contribution in [-0.4, -0.2) is 71.8 Å². The summed E-state index contributed by atoms with van der Waals surface area (Å²) in [5.74, 6) is 0.738. The van der Waals surface area contributed by atoms with Gasteiger partial charge in [0.15, 0.2) is 0 Å². The Morgan fingerprint density at radius 2 is 1.94 bits per heavy atom. The molecule has 0 radical (unpaired) electrons. The molecule has 0 saturated carbocycles. The molecule has 0 unspecified atom stereocenters. The smallest absolute Gasteiger partial charge is 0.144 e. The van der Waals surface area contributed by atoms with Gasteiger partial charge < -0.3 is 19.1 Å². The van der Waals surface area contributed by atoms with Crippen molar-refractivity contribution >= 4 is 24.8 Å². The molecule has 0 bridgehead atoms. The topological polar surface area (TPSA) is 59.3 Å². The first-order chi connectivity index (χ1) is 15.9. The average Bonchev–Trinajstić information content (AvgIpc) is 3.37. The molecule has 3 aromatic rings. The van der Waals surface area contributed by atoms with E-state index < -0.39 is 8.07 Å². The molecule has 2 atom stereocenters. The lowest BCUT2D eigenvalue weighted by atomic mass is 9.92. The average molecular weight is 465 g/mol. The molecule has 176 valence electrons. The van der Waals surface area contributed by atoms with Gasteiger partial charge in [0.05, 0.1) is 5.39 Å². The largest absolute Gasteiger partial charge is 0.370 e. The van der Waals surface area contributed by atoms with Gasteiger partial charge in [-0.15, -0.1) is 0 Å². The third-order valence-corrected chi connectivity index (χ3v) is 8.99. The number of rotatable bonds is 7. The fourth-order valence-corrected chi connectivity index (χ4v) is 6.15. The molecule has 0 N–H and O–H groups in total. The van der Waals surface area contributed by atoms with E-state index in [4.69, 9.17) is 9.72 Å². The van der Waals surface area contributed by atoms with Gasteiger partial charge in [-0.2, -0.15) is 0 Å². The molecule has 3 aromatic heterocycles. The number of aromatic nitrogens is 4. The standard InChI is InChI=1S/C25H36N6OSi/c1-29-9-6-19-15-30(10-7-22(19)29)23-5-8-28-25-24(23)21(20-13-26-17-27-14-20)16-31(25)18-32-11-12-33(2,3)4/h5,8,13-14,16-17,19,22H,6-7,9-12,15,18H2,1-4H3/t19-,22+/m0/s1. The van der Waals surface area contributed by atoms with Gasteiger partial charge in [-0.25, -0.2) is 15.0 Å². The van der Waals surface area contributed by atoms with E-state index in [0.717, 1.165) is 54.5 Å². The highest BCUT2D eigenvalue weighted by atomic mass is 28.3. The highest BCUT2D eigenvalue weighted by Gasteiger charge is 2.37. The Hall–Kier alpha value is -2.29. The summed E-state index contributed by atoms with van der Waals surface area (Å²) in [7, 11) is 1.16. The van der Waals surface area contributed by atoms with E-state index in [2.05, 4.69) is 63.3 Å². The molecular formula is C25H36N6OSi. The number of nitrogens with zero attached hydrogens (tertiary/aromatic N) is 6. The quantitative estimate of drug-likeness (QED) is 0.383. The molecule has 0 spiro atoms. The summed E-state index contributed by atoms with van der Waals surface area (Å²) in [6, 6.07) is 4.07. The van der Waals surface area contributed by atoms with Crippen LogP contribution in [0.2, 0.25) is 25.7 Å². The molecular weight excluding hydrogens is 428 g/mol. The van der Waals surface area contributed by atoms with Gasteiger partial charge in [0.25, 0.3) is 0 Å². The first-order valence-corrected chi connectivity index (χ1v) is 15.9. The minimum atomic E-state index is -1.12. The van der Waals surface area contributed by atoms with Gasteiger partial charge in [0, 0.05) is 75.4 Å². The van der Waals surface area contributed by atoms with Crippen molar-refractivity contribution in [2.75, 3.05) is 38.2 Å². The molecule has 0 aromatic carbocycles. The molecule has 8 heteroatoms. The van der Waals surface area contributed by atoms with E-state index in [0.29, 0.717) is 6.73 Å². The maximum absolute atomic E-state index is 6.11. The van der Waals surface area contributed by atoms with Crippen molar-refractivity contribution < 1.29 is 4.74 Å². The molecule has 2 fully saturated rings. The van der Waals surface area contributed by atoms with Crippen molar-refractivity contribution in [3.63, 3.8) is 0 Å². The van der Waals surface area contributed by atoms with Crippen LogP contribution in [0.25, 0.3) is 22.2 Å². The van der Waals surface area contributed by atoms with Crippen LogP contribution in [-0.2, 0) is 11.5 Å². The van der Waals surface area contributed by atoms with Gasteiger partial charge in [-0.3, -0.25) is 0 Å². The Morgan fingerprint density at radius 3 is 2.73 bits per heavy atom. The number of anilines is 1. The molecule has 2 aliphatic rings. The number of piperidine rings is 1. The van der Waals surface area contributed by atoms with Crippen LogP contribution < -0.4 is 4.90 Å². The summed E-state index contributed by atoms with van der Waals surface area (Å²) in [5, 5.41) is 1.19. The van der Waals surface area contributed by atoms with E-state index >= 15 is 0 Å². The van der Waals surface area contributed by atoms with Crippen LogP contribution in [0.15, 0.2) is 37.2 Å². The van der Waals surface area contributed by atoms with Crippen LogP contribution in [0.4, 0.5) is 5.69 Å². The zero-order valence-electron chi connectivity index (χ0n) is 20.4. The first kappa shape index (κ1) is 22.5. The van der Waals surface area contributed by atoms with Crippen molar-refractivity contribution in [1.82, 2.24) is 24.4 Å². The lowest BCUT2D eigenvalue weighted by Crippen LogP contribution is -2.45. The number of hydrogen-bond donors (Lipinski definition) is 0. The Balaban J connectivity index is 1.49. The number of ether oxygens (including phenoxy) is 1. The third kappa shape index (κ3) is 4.69. The summed E-state index contributed by atoms with van der Waals surface area (Å²) < 4.78 is 8.27. The van der Waals surface area contributed by atoms with Gasteiger partial charge in [0.2, 0.25) is 0 Å². The van der Waals surface area contributed by atoms with Gasteiger partial charge >= 0.3 is 0 Å². The molecule has 2 saturated heterocycles. The van der Waals surface area contributed by atoms with E-state index in [1.807, 2.05) is 18.6 Å². The highest BCUT2D eigenvalue weighted by Crippen LogP contribution is 2.39. The van der Waals surface area contributed by atoms with Crippen molar-refractivity contribution in [1.29, 1.82) is 0 Å². The van der Waals surface area contributed by atoms with Crippen LogP contribution in [0.3, 0.4) is 0 Å². The van der Waals surface area contributed by atoms with Crippen molar-refractivity contribution in [3.05, 3.63) is 37.2 Å². The third-order valence-electron chi connectivity index (χ3n) is 7.29. The Morgan fingerprint density at radius 1 is 1.12 bits per heavy atom. The Kier molecular flexibility index (Phi) is 6.24. The number of likely N-dealkylation sites (tertiary alicyclic amines) is 1. The van der Waals surface area contributed by atoms with E-state index in [-0.39, 0.29) is 0 Å². The Bertz CT molecular complexity index is 1100. The maximum atomic E-state index is 6.11. The summed E-state index contributed by atoms with van der Waals surface area (Å²) in [4.78, 5) is 18.5. The van der Waals surface area contributed by atoms with Crippen LogP contribution in [0.1, 0.15) is 12.8 Å². The van der Waals surface area contributed by atoms with Crippen LogP contribution in [0.5, 0.6) is 0 Å².